The normalized spacial score (nSPS) is 19.4. The summed E-state index contributed by atoms with van der Waals surface area (Å²) in [4.78, 5) is 26.6. The van der Waals surface area contributed by atoms with Crippen molar-refractivity contribution in [2.75, 3.05) is 26.2 Å². The van der Waals surface area contributed by atoms with Crippen molar-refractivity contribution >= 4 is 11.8 Å². The lowest BCUT2D eigenvalue weighted by atomic mass is 10.1. The van der Waals surface area contributed by atoms with Crippen molar-refractivity contribution in [3.05, 3.63) is 0 Å². The fourth-order valence-electron chi connectivity index (χ4n) is 2.00. The molecule has 6 heteroatoms. The van der Waals surface area contributed by atoms with Gasteiger partial charge in [-0.25, -0.2) is 0 Å². The molecule has 0 aliphatic carbocycles. The number of hydrogen-bond donors (Lipinski definition) is 2. The third kappa shape index (κ3) is 3.98. The van der Waals surface area contributed by atoms with Gasteiger partial charge in [-0.3, -0.25) is 14.5 Å². The minimum Gasteiger partial charge on any atom is -0.370 e. The fraction of sp³-hybridized carbons (Fsp3) is 0.818. The number of carbonyl (C=O) groups is 2. The van der Waals surface area contributed by atoms with Gasteiger partial charge in [-0.05, 0) is 13.8 Å². The van der Waals surface area contributed by atoms with Crippen molar-refractivity contribution < 1.29 is 9.59 Å². The standard InChI is InChI=1S/C11H22N4O2/c1-8(2)14-3-5-15(6-4-14)11(17)9(12)7-10(13)16/h8-9H,3-7,12H2,1-2H3,(H2,13,16). The number of primary amides is 1. The van der Waals surface area contributed by atoms with E-state index in [2.05, 4.69) is 18.7 Å². The third-order valence-corrected chi connectivity index (χ3v) is 3.09. The quantitative estimate of drug-likeness (QED) is 0.643. The van der Waals surface area contributed by atoms with Crippen LogP contribution < -0.4 is 11.5 Å². The minimum atomic E-state index is -0.793. The van der Waals surface area contributed by atoms with Crippen LogP contribution in [0.4, 0.5) is 0 Å². The first-order valence-electron chi connectivity index (χ1n) is 5.98. The van der Waals surface area contributed by atoms with Crippen LogP contribution in [0.1, 0.15) is 20.3 Å². The Labute approximate surface area is 102 Å². The molecule has 0 saturated carbocycles. The van der Waals surface area contributed by atoms with Gasteiger partial charge >= 0.3 is 0 Å². The summed E-state index contributed by atoms with van der Waals surface area (Å²) in [5.74, 6) is -0.709. The van der Waals surface area contributed by atoms with E-state index in [-0.39, 0.29) is 12.3 Å². The maximum absolute atomic E-state index is 11.9. The molecule has 2 amide bonds. The van der Waals surface area contributed by atoms with Gasteiger partial charge in [0.05, 0.1) is 12.5 Å². The van der Waals surface area contributed by atoms with E-state index in [1.165, 1.54) is 0 Å². The zero-order chi connectivity index (χ0) is 13.0. The van der Waals surface area contributed by atoms with Crippen LogP contribution in [0.2, 0.25) is 0 Å². The van der Waals surface area contributed by atoms with E-state index in [1.807, 2.05) is 0 Å². The Kier molecular flexibility index (Phi) is 4.89. The van der Waals surface area contributed by atoms with Gasteiger partial charge in [-0.2, -0.15) is 0 Å². The Bertz CT molecular complexity index is 285. The number of rotatable bonds is 4. The molecular formula is C11H22N4O2. The molecule has 98 valence electrons. The molecule has 1 aliphatic rings. The van der Waals surface area contributed by atoms with Crippen LogP contribution in [-0.2, 0) is 9.59 Å². The van der Waals surface area contributed by atoms with Gasteiger partial charge < -0.3 is 16.4 Å². The first kappa shape index (κ1) is 13.9. The van der Waals surface area contributed by atoms with Gasteiger partial charge in [0.1, 0.15) is 0 Å². The Morgan fingerprint density at radius 2 is 1.71 bits per heavy atom. The van der Waals surface area contributed by atoms with E-state index in [0.29, 0.717) is 19.1 Å². The Balaban J connectivity index is 2.43. The summed E-state index contributed by atoms with van der Waals surface area (Å²) in [5, 5.41) is 0. The highest BCUT2D eigenvalue weighted by Gasteiger charge is 2.26. The molecule has 4 N–H and O–H groups in total. The van der Waals surface area contributed by atoms with Crippen LogP contribution >= 0.6 is 0 Å². The lowest BCUT2D eigenvalue weighted by Gasteiger charge is -2.37. The largest absolute Gasteiger partial charge is 0.370 e. The zero-order valence-corrected chi connectivity index (χ0v) is 10.6. The Morgan fingerprint density at radius 1 is 1.18 bits per heavy atom. The molecule has 1 saturated heterocycles. The van der Waals surface area contributed by atoms with Crippen LogP contribution in [0.15, 0.2) is 0 Å². The van der Waals surface area contributed by atoms with Gasteiger partial charge in [-0.15, -0.1) is 0 Å². The lowest BCUT2D eigenvalue weighted by molar-refractivity contribution is -0.136. The molecular weight excluding hydrogens is 220 g/mol. The number of nitrogens with zero attached hydrogens (tertiary/aromatic N) is 2. The first-order valence-corrected chi connectivity index (χ1v) is 5.98. The fourth-order valence-corrected chi connectivity index (χ4v) is 2.00. The van der Waals surface area contributed by atoms with Crippen molar-refractivity contribution in [1.29, 1.82) is 0 Å². The molecule has 0 aromatic heterocycles. The summed E-state index contributed by atoms with van der Waals surface area (Å²) >= 11 is 0. The maximum Gasteiger partial charge on any atom is 0.240 e. The molecule has 1 heterocycles. The van der Waals surface area contributed by atoms with Crippen LogP contribution in [0.25, 0.3) is 0 Å². The predicted octanol–water partition coefficient (Wildman–Crippen LogP) is -1.26. The summed E-state index contributed by atoms with van der Waals surface area (Å²) < 4.78 is 0. The van der Waals surface area contributed by atoms with E-state index in [1.54, 1.807) is 4.90 Å². The number of amides is 2. The van der Waals surface area contributed by atoms with Crippen LogP contribution in [0.5, 0.6) is 0 Å². The predicted molar refractivity (Wildman–Crippen MR) is 65.1 cm³/mol. The summed E-state index contributed by atoms with van der Waals surface area (Å²) in [6.45, 7) is 7.32. The summed E-state index contributed by atoms with van der Waals surface area (Å²) in [5.41, 5.74) is 10.7. The third-order valence-electron chi connectivity index (χ3n) is 3.09. The highest BCUT2D eigenvalue weighted by Crippen LogP contribution is 2.07. The monoisotopic (exact) mass is 242 g/mol. The van der Waals surface area contributed by atoms with Crippen molar-refractivity contribution in [1.82, 2.24) is 9.80 Å². The Morgan fingerprint density at radius 3 is 2.12 bits per heavy atom. The second kappa shape index (κ2) is 5.97. The summed E-state index contributed by atoms with van der Waals surface area (Å²) in [6.07, 6.45) is -0.0801. The molecule has 6 nitrogen and oxygen atoms in total. The maximum atomic E-state index is 11.9. The van der Waals surface area contributed by atoms with Crippen molar-refractivity contribution in [2.24, 2.45) is 11.5 Å². The topological polar surface area (TPSA) is 92.7 Å². The van der Waals surface area contributed by atoms with Gasteiger partial charge in [0, 0.05) is 32.2 Å². The van der Waals surface area contributed by atoms with Crippen LogP contribution in [0.3, 0.4) is 0 Å². The highest BCUT2D eigenvalue weighted by molar-refractivity contribution is 5.87. The van der Waals surface area contributed by atoms with Crippen LogP contribution in [-0.4, -0.2) is 59.9 Å². The van der Waals surface area contributed by atoms with Gasteiger partial charge in [0.25, 0.3) is 0 Å². The van der Waals surface area contributed by atoms with E-state index in [4.69, 9.17) is 11.5 Å². The molecule has 1 atom stereocenters. The number of carbonyl (C=O) groups excluding carboxylic acids is 2. The van der Waals surface area contributed by atoms with Crippen molar-refractivity contribution in [3.63, 3.8) is 0 Å². The molecule has 0 radical (unpaired) electrons. The molecule has 1 rings (SSSR count). The first-order chi connectivity index (χ1) is 7.91. The average Bonchev–Trinajstić information content (AvgIpc) is 2.27. The second-order valence-electron chi connectivity index (χ2n) is 4.73. The Hall–Kier alpha value is -1.14. The molecule has 0 aromatic carbocycles. The zero-order valence-electron chi connectivity index (χ0n) is 10.6. The smallest absolute Gasteiger partial charge is 0.240 e. The minimum absolute atomic E-state index is 0.0801. The van der Waals surface area contributed by atoms with E-state index in [0.717, 1.165) is 13.1 Å². The summed E-state index contributed by atoms with van der Waals surface area (Å²) in [6, 6.07) is -0.301. The van der Waals surface area contributed by atoms with E-state index >= 15 is 0 Å². The average molecular weight is 242 g/mol. The van der Waals surface area contributed by atoms with Crippen LogP contribution in [0, 0.1) is 0 Å². The van der Waals surface area contributed by atoms with E-state index < -0.39 is 11.9 Å². The van der Waals surface area contributed by atoms with Crippen molar-refractivity contribution in [2.45, 2.75) is 32.4 Å². The van der Waals surface area contributed by atoms with Gasteiger partial charge in [0.15, 0.2) is 0 Å². The second-order valence-corrected chi connectivity index (χ2v) is 4.73. The SMILES string of the molecule is CC(C)N1CCN(C(=O)C(N)CC(N)=O)CC1. The summed E-state index contributed by atoms with van der Waals surface area (Å²) in [7, 11) is 0. The highest BCUT2D eigenvalue weighted by atomic mass is 16.2. The number of nitrogens with two attached hydrogens (primary N) is 2. The molecule has 1 fully saturated rings. The lowest BCUT2D eigenvalue weighted by Crippen LogP contribution is -2.54. The van der Waals surface area contributed by atoms with Gasteiger partial charge in [-0.1, -0.05) is 0 Å². The number of hydrogen-bond acceptors (Lipinski definition) is 4. The molecule has 1 unspecified atom stereocenters. The number of piperazine rings is 1. The van der Waals surface area contributed by atoms with Gasteiger partial charge in [0.2, 0.25) is 11.8 Å². The molecule has 0 aromatic rings. The molecule has 1 aliphatic heterocycles. The molecule has 17 heavy (non-hydrogen) atoms. The van der Waals surface area contributed by atoms with E-state index in [9.17, 15) is 9.59 Å². The molecule has 0 spiro atoms. The van der Waals surface area contributed by atoms with Crippen molar-refractivity contribution in [3.8, 4) is 0 Å². The molecule has 0 bridgehead atoms.